The van der Waals surface area contributed by atoms with Gasteiger partial charge in [-0.25, -0.2) is 17.8 Å². The van der Waals surface area contributed by atoms with Crippen LogP contribution in [0.15, 0.2) is 29.3 Å². The zero-order chi connectivity index (χ0) is 18.9. The summed E-state index contributed by atoms with van der Waals surface area (Å²) in [5.41, 5.74) is 0.693. The molecule has 1 atom stereocenters. The molecule has 0 aliphatic carbocycles. The highest BCUT2D eigenvalue weighted by Crippen LogP contribution is 2.35. The van der Waals surface area contributed by atoms with E-state index in [1.54, 1.807) is 12.1 Å². The van der Waals surface area contributed by atoms with E-state index in [1.165, 1.54) is 6.92 Å². The first-order valence-electron chi connectivity index (χ1n) is 8.05. The number of alkyl halides is 2. The predicted molar refractivity (Wildman–Crippen MR) is 89.1 cm³/mol. The SMILES string of the molecule is CCOc1cccc2c1OC[C@H](NS(=O)(=O)c1cnn(C(F)F)c1C)C2. The molecular formula is C16H19F2N3O4S. The molecule has 0 radical (unpaired) electrons. The fourth-order valence-electron chi connectivity index (χ4n) is 2.89. The molecule has 0 saturated heterocycles. The van der Waals surface area contributed by atoms with Gasteiger partial charge in [0.05, 0.1) is 24.5 Å². The number of aromatic nitrogens is 2. The summed E-state index contributed by atoms with van der Waals surface area (Å²) in [6.07, 6.45) is 1.33. The van der Waals surface area contributed by atoms with Gasteiger partial charge < -0.3 is 9.47 Å². The van der Waals surface area contributed by atoms with Gasteiger partial charge in [0.2, 0.25) is 10.0 Å². The summed E-state index contributed by atoms with van der Waals surface area (Å²) in [6.45, 7) is 0.845. The topological polar surface area (TPSA) is 82.4 Å². The molecular weight excluding hydrogens is 368 g/mol. The van der Waals surface area contributed by atoms with E-state index in [2.05, 4.69) is 9.82 Å². The second kappa shape index (κ2) is 7.20. The molecule has 0 fully saturated rings. The van der Waals surface area contributed by atoms with Gasteiger partial charge in [-0.2, -0.15) is 13.9 Å². The summed E-state index contributed by atoms with van der Waals surface area (Å²) in [6, 6.07) is 4.90. The second-order valence-corrected chi connectivity index (χ2v) is 7.51. The Labute approximate surface area is 150 Å². The molecule has 142 valence electrons. The summed E-state index contributed by atoms with van der Waals surface area (Å²) in [5, 5.41) is 3.44. The van der Waals surface area contributed by atoms with E-state index in [-0.39, 0.29) is 17.2 Å². The van der Waals surface area contributed by atoms with E-state index in [0.29, 0.717) is 29.2 Å². The van der Waals surface area contributed by atoms with Crippen molar-refractivity contribution < 1.29 is 26.7 Å². The van der Waals surface area contributed by atoms with Crippen molar-refractivity contribution in [2.45, 2.75) is 37.8 Å². The van der Waals surface area contributed by atoms with Crippen molar-refractivity contribution >= 4 is 10.0 Å². The maximum Gasteiger partial charge on any atom is 0.333 e. The highest BCUT2D eigenvalue weighted by atomic mass is 32.2. The maximum absolute atomic E-state index is 12.8. The Morgan fingerprint density at radius 1 is 1.46 bits per heavy atom. The molecule has 1 aromatic heterocycles. The van der Waals surface area contributed by atoms with Crippen LogP contribution in [0.5, 0.6) is 11.5 Å². The standard InChI is InChI=1S/C16H19F2N3O4S/c1-3-24-13-6-4-5-11-7-12(9-25-15(11)13)20-26(22,23)14-8-19-21(10(14)2)16(17)18/h4-6,8,12,16,20H,3,7,9H2,1-2H3/t12-/m1/s1. The van der Waals surface area contributed by atoms with Crippen LogP contribution in [-0.4, -0.2) is 37.5 Å². The molecule has 0 spiro atoms. The Hall–Kier alpha value is -2.20. The van der Waals surface area contributed by atoms with Crippen molar-refractivity contribution in [1.29, 1.82) is 0 Å². The third kappa shape index (κ3) is 3.51. The third-order valence-corrected chi connectivity index (χ3v) is 5.67. The number of nitrogens with zero attached hydrogens (tertiary/aromatic N) is 2. The molecule has 0 bridgehead atoms. The van der Waals surface area contributed by atoms with Crippen LogP contribution < -0.4 is 14.2 Å². The average Bonchev–Trinajstić information content (AvgIpc) is 2.97. The molecule has 1 N–H and O–H groups in total. The first kappa shape index (κ1) is 18.6. The van der Waals surface area contributed by atoms with Crippen LogP contribution in [0.1, 0.15) is 24.7 Å². The minimum Gasteiger partial charge on any atom is -0.490 e. The smallest absolute Gasteiger partial charge is 0.333 e. The van der Waals surface area contributed by atoms with Crippen molar-refractivity contribution in [3.05, 3.63) is 35.7 Å². The minimum absolute atomic E-state index is 0.109. The molecule has 1 aliphatic heterocycles. The van der Waals surface area contributed by atoms with Gasteiger partial charge in [-0.1, -0.05) is 12.1 Å². The predicted octanol–water partition coefficient (Wildman–Crippen LogP) is 2.27. The second-order valence-electron chi connectivity index (χ2n) is 5.83. The third-order valence-electron chi connectivity index (χ3n) is 4.05. The van der Waals surface area contributed by atoms with Crippen LogP contribution in [0.2, 0.25) is 0 Å². The van der Waals surface area contributed by atoms with Crippen LogP contribution >= 0.6 is 0 Å². The Bertz CT molecular complexity index is 899. The van der Waals surface area contributed by atoms with Crippen molar-refractivity contribution in [3.63, 3.8) is 0 Å². The Morgan fingerprint density at radius 2 is 2.23 bits per heavy atom. The van der Waals surface area contributed by atoms with Gasteiger partial charge in [0.25, 0.3) is 0 Å². The van der Waals surface area contributed by atoms with Crippen LogP contribution in [0.4, 0.5) is 8.78 Å². The van der Waals surface area contributed by atoms with E-state index >= 15 is 0 Å². The van der Waals surface area contributed by atoms with Gasteiger partial charge in [-0.05, 0) is 31.9 Å². The van der Waals surface area contributed by atoms with Gasteiger partial charge in [-0.3, -0.25) is 0 Å². The molecule has 2 aromatic rings. The molecule has 2 heterocycles. The van der Waals surface area contributed by atoms with Crippen LogP contribution in [0, 0.1) is 6.92 Å². The molecule has 0 saturated carbocycles. The lowest BCUT2D eigenvalue weighted by molar-refractivity contribution is 0.0541. The first-order valence-corrected chi connectivity index (χ1v) is 9.54. The molecule has 1 aromatic carbocycles. The summed E-state index contributed by atoms with van der Waals surface area (Å²) >= 11 is 0. The quantitative estimate of drug-likeness (QED) is 0.822. The number of sulfonamides is 1. The van der Waals surface area contributed by atoms with Crippen molar-refractivity contribution in [2.75, 3.05) is 13.2 Å². The lowest BCUT2D eigenvalue weighted by atomic mass is 10.0. The van der Waals surface area contributed by atoms with Gasteiger partial charge >= 0.3 is 6.55 Å². The zero-order valence-corrected chi connectivity index (χ0v) is 15.1. The first-order chi connectivity index (χ1) is 12.3. The molecule has 1 aliphatic rings. The maximum atomic E-state index is 12.8. The fourth-order valence-corrected chi connectivity index (χ4v) is 4.28. The van der Waals surface area contributed by atoms with Gasteiger partial charge in [0, 0.05) is 0 Å². The summed E-state index contributed by atoms with van der Waals surface area (Å²) in [7, 11) is -4.00. The summed E-state index contributed by atoms with van der Waals surface area (Å²) in [5.74, 6) is 1.21. The number of hydrogen-bond donors (Lipinski definition) is 1. The van der Waals surface area contributed by atoms with Crippen LogP contribution in [0.3, 0.4) is 0 Å². The molecule has 7 nitrogen and oxygen atoms in total. The Morgan fingerprint density at radius 3 is 2.88 bits per heavy atom. The van der Waals surface area contributed by atoms with E-state index in [1.807, 2.05) is 13.0 Å². The lowest BCUT2D eigenvalue weighted by Crippen LogP contribution is -2.42. The van der Waals surface area contributed by atoms with Gasteiger partial charge in [0.1, 0.15) is 11.5 Å². The molecule has 0 amide bonds. The van der Waals surface area contributed by atoms with E-state index in [0.717, 1.165) is 11.8 Å². The van der Waals surface area contributed by atoms with Crippen molar-refractivity contribution in [1.82, 2.24) is 14.5 Å². The number of benzene rings is 1. The average molecular weight is 387 g/mol. The molecule has 0 unspecified atom stereocenters. The zero-order valence-electron chi connectivity index (χ0n) is 14.3. The van der Waals surface area contributed by atoms with Gasteiger partial charge in [0.15, 0.2) is 11.5 Å². The largest absolute Gasteiger partial charge is 0.490 e. The highest BCUT2D eigenvalue weighted by Gasteiger charge is 2.30. The lowest BCUT2D eigenvalue weighted by Gasteiger charge is -2.27. The van der Waals surface area contributed by atoms with E-state index in [9.17, 15) is 17.2 Å². The number of para-hydroxylation sites is 1. The van der Waals surface area contributed by atoms with E-state index < -0.39 is 22.6 Å². The summed E-state index contributed by atoms with van der Waals surface area (Å²) in [4.78, 5) is -0.272. The number of hydrogen-bond acceptors (Lipinski definition) is 5. The summed E-state index contributed by atoms with van der Waals surface area (Å²) < 4.78 is 64.8. The number of nitrogens with one attached hydrogen (secondary N) is 1. The van der Waals surface area contributed by atoms with E-state index in [4.69, 9.17) is 9.47 Å². The normalized spacial score (nSPS) is 17.0. The monoisotopic (exact) mass is 387 g/mol. The molecule has 26 heavy (non-hydrogen) atoms. The molecule has 10 heteroatoms. The number of halogens is 2. The fraction of sp³-hybridized carbons (Fsp3) is 0.438. The van der Waals surface area contributed by atoms with Gasteiger partial charge in [-0.15, -0.1) is 0 Å². The number of rotatable bonds is 6. The Kier molecular flexibility index (Phi) is 5.15. The number of ether oxygens (including phenoxy) is 2. The van der Waals surface area contributed by atoms with Crippen LogP contribution in [0.25, 0.3) is 0 Å². The highest BCUT2D eigenvalue weighted by molar-refractivity contribution is 7.89. The number of fused-ring (bicyclic) bond motifs is 1. The van der Waals surface area contributed by atoms with Crippen molar-refractivity contribution in [3.8, 4) is 11.5 Å². The van der Waals surface area contributed by atoms with Crippen LogP contribution in [-0.2, 0) is 16.4 Å². The Balaban J connectivity index is 1.79. The minimum atomic E-state index is -4.00. The molecule has 3 rings (SSSR count). The van der Waals surface area contributed by atoms with Crippen molar-refractivity contribution in [2.24, 2.45) is 0 Å².